The summed E-state index contributed by atoms with van der Waals surface area (Å²) in [5.74, 6) is 1.46. The van der Waals surface area contributed by atoms with Gasteiger partial charge < -0.3 is 5.32 Å². The molecule has 0 bridgehead atoms. The zero-order valence-electron chi connectivity index (χ0n) is 12.7. The fraction of sp³-hybridized carbons (Fsp3) is 0.333. The Bertz CT molecular complexity index is 566. The molecule has 21 heavy (non-hydrogen) atoms. The summed E-state index contributed by atoms with van der Waals surface area (Å²) < 4.78 is 11.4. The maximum Gasteiger partial charge on any atom is 0.0360 e. The fourth-order valence-corrected chi connectivity index (χ4v) is 2.88. The van der Waals surface area contributed by atoms with Crippen molar-refractivity contribution in [3.63, 3.8) is 0 Å². The number of rotatable bonds is 7. The monoisotopic (exact) mass is 301 g/mol. The van der Waals surface area contributed by atoms with Crippen LogP contribution in [0, 0.1) is 0 Å². The molecule has 112 valence electrons. The summed E-state index contributed by atoms with van der Waals surface area (Å²) in [6.45, 7) is 4.90. The highest BCUT2D eigenvalue weighted by molar-refractivity contribution is 7.84. The van der Waals surface area contributed by atoms with E-state index in [-0.39, 0.29) is 6.04 Å². The zero-order valence-corrected chi connectivity index (χ0v) is 13.5. The molecule has 0 radical (unpaired) electrons. The minimum Gasteiger partial charge on any atom is -0.309 e. The van der Waals surface area contributed by atoms with E-state index >= 15 is 0 Å². The molecule has 0 aliphatic rings. The predicted molar refractivity (Wildman–Crippen MR) is 91.8 cm³/mol. The summed E-state index contributed by atoms with van der Waals surface area (Å²) in [7, 11) is -0.691. The summed E-state index contributed by atoms with van der Waals surface area (Å²) >= 11 is 0. The van der Waals surface area contributed by atoms with Gasteiger partial charge in [-0.3, -0.25) is 4.21 Å². The number of hydrogen-bond donors (Lipinski definition) is 1. The largest absolute Gasteiger partial charge is 0.309 e. The Kier molecular flexibility index (Phi) is 6.15. The molecule has 0 heterocycles. The van der Waals surface area contributed by atoms with Gasteiger partial charge in [0.15, 0.2) is 0 Å². The normalized spacial score (nSPS) is 13.8. The second-order valence-corrected chi connectivity index (χ2v) is 6.96. The summed E-state index contributed by atoms with van der Waals surface area (Å²) in [5.41, 5.74) is 3.73. The molecule has 0 aliphatic carbocycles. The third-order valence-electron chi connectivity index (χ3n) is 3.62. The lowest BCUT2D eigenvalue weighted by molar-refractivity contribution is 0.597. The Balaban J connectivity index is 1.94. The van der Waals surface area contributed by atoms with Crippen LogP contribution in [-0.4, -0.2) is 22.3 Å². The minimum atomic E-state index is -0.691. The van der Waals surface area contributed by atoms with Gasteiger partial charge in [-0.1, -0.05) is 61.5 Å². The SMILES string of the molecule is CCS(=O)CCNC(C)c1ccc(-c2ccccc2)cc1. The van der Waals surface area contributed by atoms with Gasteiger partial charge in [-0.15, -0.1) is 0 Å². The van der Waals surface area contributed by atoms with Gasteiger partial charge in [-0.2, -0.15) is 0 Å². The van der Waals surface area contributed by atoms with Crippen LogP contribution in [0.5, 0.6) is 0 Å². The van der Waals surface area contributed by atoms with E-state index in [1.165, 1.54) is 16.7 Å². The van der Waals surface area contributed by atoms with Gasteiger partial charge in [-0.25, -0.2) is 0 Å². The molecule has 2 atom stereocenters. The molecule has 0 saturated carbocycles. The van der Waals surface area contributed by atoms with Crippen molar-refractivity contribution in [2.45, 2.75) is 19.9 Å². The molecule has 1 N–H and O–H groups in total. The highest BCUT2D eigenvalue weighted by Gasteiger charge is 2.05. The molecule has 0 fully saturated rings. The molecule has 2 rings (SSSR count). The second-order valence-electron chi connectivity index (χ2n) is 5.10. The number of nitrogens with one attached hydrogen (secondary N) is 1. The van der Waals surface area contributed by atoms with E-state index in [0.717, 1.165) is 18.1 Å². The third-order valence-corrected chi connectivity index (χ3v) is 4.92. The molecule has 0 saturated heterocycles. The van der Waals surface area contributed by atoms with Crippen molar-refractivity contribution in [3.8, 4) is 11.1 Å². The first-order valence-corrected chi connectivity index (χ1v) is 8.93. The van der Waals surface area contributed by atoms with Crippen LogP contribution in [0.1, 0.15) is 25.5 Å². The molecule has 3 heteroatoms. The van der Waals surface area contributed by atoms with Crippen LogP contribution in [0.3, 0.4) is 0 Å². The van der Waals surface area contributed by atoms with Crippen LogP contribution in [0.2, 0.25) is 0 Å². The third kappa shape index (κ3) is 4.80. The standard InChI is InChI=1S/C18H23NOS/c1-3-21(20)14-13-19-15(2)16-9-11-18(12-10-16)17-7-5-4-6-8-17/h4-12,15,19H,3,13-14H2,1-2H3. The van der Waals surface area contributed by atoms with Crippen LogP contribution in [0.15, 0.2) is 54.6 Å². The molecule has 0 amide bonds. The van der Waals surface area contributed by atoms with Gasteiger partial charge in [-0.05, 0) is 23.6 Å². The van der Waals surface area contributed by atoms with E-state index in [9.17, 15) is 4.21 Å². The Morgan fingerprint density at radius 2 is 1.62 bits per heavy atom. The molecule has 2 nitrogen and oxygen atoms in total. The first kappa shape index (κ1) is 15.9. The molecule has 0 aromatic heterocycles. The zero-order chi connectivity index (χ0) is 15.1. The lowest BCUT2D eigenvalue weighted by Gasteiger charge is -2.14. The fourth-order valence-electron chi connectivity index (χ4n) is 2.25. The van der Waals surface area contributed by atoms with E-state index in [0.29, 0.717) is 0 Å². The predicted octanol–water partition coefficient (Wildman–Crippen LogP) is 3.77. The highest BCUT2D eigenvalue weighted by Crippen LogP contribution is 2.21. The van der Waals surface area contributed by atoms with E-state index in [1.54, 1.807) is 0 Å². The van der Waals surface area contributed by atoms with Gasteiger partial charge in [0.2, 0.25) is 0 Å². The van der Waals surface area contributed by atoms with Gasteiger partial charge in [0.1, 0.15) is 0 Å². The van der Waals surface area contributed by atoms with Gasteiger partial charge in [0, 0.05) is 34.9 Å². The maximum atomic E-state index is 11.4. The Morgan fingerprint density at radius 1 is 1.00 bits per heavy atom. The number of benzene rings is 2. The second kappa shape index (κ2) is 8.11. The average molecular weight is 301 g/mol. The lowest BCUT2D eigenvalue weighted by Crippen LogP contribution is -2.24. The first-order chi connectivity index (χ1) is 10.2. The van der Waals surface area contributed by atoms with Crippen molar-refractivity contribution >= 4 is 10.8 Å². The molecule has 0 aliphatic heterocycles. The van der Waals surface area contributed by atoms with Crippen molar-refractivity contribution in [1.82, 2.24) is 5.32 Å². The Hall–Kier alpha value is -1.45. The highest BCUT2D eigenvalue weighted by atomic mass is 32.2. The van der Waals surface area contributed by atoms with Crippen LogP contribution in [-0.2, 0) is 10.8 Å². The summed E-state index contributed by atoms with van der Waals surface area (Å²) in [5, 5.41) is 3.43. The number of hydrogen-bond acceptors (Lipinski definition) is 2. The first-order valence-electron chi connectivity index (χ1n) is 7.44. The van der Waals surface area contributed by atoms with Crippen LogP contribution in [0.25, 0.3) is 11.1 Å². The van der Waals surface area contributed by atoms with Crippen LogP contribution >= 0.6 is 0 Å². The average Bonchev–Trinajstić information content (AvgIpc) is 2.55. The molecule has 2 aromatic carbocycles. The lowest BCUT2D eigenvalue weighted by atomic mass is 10.0. The molecule has 2 aromatic rings. The minimum absolute atomic E-state index is 0.281. The van der Waals surface area contributed by atoms with E-state index in [1.807, 2.05) is 13.0 Å². The topological polar surface area (TPSA) is 29.1 Å². The van der Waals surface area contributed by atoms with Crippen molar-refractivity contribution in [1.29, 1.82) is 0 Å². The Morgan fingerprint density at radius 3 is 2.24 bits per heavy atom. The maximum absolute atomic E-state index is 11.4. The summed E-state index contributed by atoms with van der Waals surface area (Å²) in [6.07, 6.45) is 0. The van der Waals surface area contributed by atoms with E-state index in [2.05, 4.69) is 60.8 Å². The van der Waals surface area contributed by atoms with Gasteiger partial charge >= 0.3 is 0 Å². The van der Waals surface area contributed by atoms with Gasteiger partial charge in [0.05, 0.1) is 0 Å². The molecular formula is C18H23NOS. The van der Waals surface area contributed by atoms with E-state index < -0.39 is 10.8 Å². The van der Waals surface area contributed by atoms with Crippen molar-refractivity contribution in [3.05, 3.63) is 60.2 Å². The summed E-state index contributed by atoms with van der Waals surface area (Å²) in [6, 6.07) is 19.3. The van der Waals surface area contributed by atoms with Crippen LogP contribution in [0.4, 0.5) is 0 Å². The van der Waals surface area contributed by atoms with Crippen LogP contribution < -0.4 is 5.32 Å². The molecule has 0 spiro atoms. The quantitative estimate of drug-likeness (QED) is 0.843. The summed E-state index contributed by atoms with van der Waals surface area (Å²) in [4.78, 5) is 0. The van der Waals surface area contributed by atoms with Crippen molar-refractivity contribution < 1.29 is 4.21 Å². The van der Waals surface area contributed by atoms with Crippen molar-refractivity contribution in [2.75, 3.05) is 18.1 Å². The van der Waals surface area contributed by atoms with Crippen molar-refractivity contribution in [2.24, 2.45) is 0 Å². The molecular weight excluding hydrogens is 278 g/mol. The Labute approximate surface area is 130 Å². The van der Waals surface area contributed by atoms with E-state index in [4.69, 9.17) is 0 Å². The van der Waals surface area contributed by atoms with Gasteiger partial charge in [0.25, 0.3) is 0 Å². The smallest absolute Gasteiger partial charge is 0.0360 e. The molecule has 2 unspecified atom stereocenters.